The average molecular weight is 252 g/mol. The van der Waals surface area contributed by atoms with E-state index in [1.165, 1.54) is 0 Å². The van der Waals surface area contributed by atoms with Crippen molar-refractivity contribution in [3.63, 3.8) is 0 Å². The van der Waals surface area contributed by atoms with Gasteiger partial charge in [-0.25, -0.2) is 4.98 Å². The zero-order valence-electron chi connectivity index (χ0n) is 9.33. The van der Waals surface area contributed by atoms with Crippen LogP contribution in [-0.4, -0.2) is 44.5 Å². The maximum absolute atomic E-state index is 8.91. The van der Waals surface area contributed by atoms with Crippen molar-refractivity contribution in [3.8, 4) is 0 Å². The molecule has 96 valence electrons. The van der Waals surface area contributed by atoms with E-state index < -0.39 is 12.4 Å². The number of rotatable bonds is 2. The Kier molecular flexibility index (Phi) is 2.51. The summed E-state index contributed by atoms with van der Waals surface area (Å²) in [5.74, 6) is 0.816. The van der Waals surface area contributed by atoms with Gasteiger partial charge in [0.05, 0.1) is 13.2 Å². The Morgan fingerprint density at radius 1 is 1.33 bits per heavy atom. The summed E-state index contributed by atoms with van der Waals surface area (Å²) in [5, 5.41) is 8.91. The number of hydrogen-bond acceptors (Lipinski definition) is 8. The average Bonchev–Trinajstić information content (AvgIpc) is 2.93. The Morgan fingerprint density at radius 2 is 2.17 bits per heavy atom. The Hall–Kier alpha value is -1.97. The molecule has 1 fully saturated rings. The van der Waals surface area contributed by atoms with Gasteiger partial charge in [0.1, 0.15) is 17.4 Å². The van der Waals surface area contributed by atoms with Crippen LogP contribution in [0.25, 0.3) is 11.2 Å². The van der Waals surface area contributed by atoms with Crippen molar-refractivity contribution in [1.29, 1.82) is 0 Å². The van der Waals surface area contributed by atoms with Crippen LogP contribution >= 0.6 is 0 Å². The van der Waals surface area contributed by atoms with E-state index in [2.05, 4.69) is 19.9 Å². The van der Waals surface area contributed by atoms with E-state index in [4.69, 9.17) is 26.0 Å². The van der Waals surface area contributed by atoms with Crippen LogP contribution in [0.1, 0.15) is 11.9 Å². The third kappa shape index (κ3) is 1.74. The van der Waals surface area contributed by atoms with Crippen molar-refractivity contribution < 1.29 is 14.6 Å². The van der Waals surface area contributed by atoms with E-state index in [-0.39, 0.29) is 18.4 Å². The Labute approximate surface area is 101 Å². The van der Waals surface area contributed by atoms with Crippen molar-refractivity contribution in [3.05, 3.63) is 5.82 Å². The van der Waals surface area contributed by atoms with Gasteiger partial charge in [-0.3, -0.25) is 0 Å². The molecule has 3 rings (SSSR count). The van der Waals surface area contributed by atoms with Gasteiger partial charge in [0.25, 0.3) is 0 Å². The zero-order valence-corrected chi connectivity index (χ0v) is 9.33. The highest BCUT2D eigenvalue weighted by atomic mass is 16.7. The van der Waals surface area contributed by atoms with Crippen LogP contribution in [0.4, 0.5) is 11.8 Å². The molecule has 0 saturated carbocycles. The fourth-order valence-electron chi connectivity index (χ4n) is 1.80. The van der Waals surface area contributed by atoms with Crippen LogP contribution in [0.2, 0.25) is 0 Å². The summed E-state index contributed by atoms with van der Waals surface area (Å²) in [5.41, 5.74) is 12.1. The number of hydrogen-bond donors (Lipinski definition) is 4. The van der Waals surface area contributed by atoms with Crippen LogP contribution in [0, 0.1) is 0 Å². The van der Waals surface area contributed by atoms with Gasteiger partial charge in [0.15, 0.2) is 17.8 Å². The number of aliphatic hydroxyl groups excluding tert-OH is 1. The van der Waals surface area contributed by atoms with Crippen molar-refractivity contribution in [2.45, 2.75) is 12.4 Å². The molecule has 3 heterocycles. The lowest BCUT2D eigenvalue weighted by Crippen LogP contribution is -2.13. The number of ether oxygens (including phenoxy) is 2. The van der Waals surface area contributed by atoms with Gasteiger partial charge in [0, 0.05) is 0 Å². The van der Waals surface area contributed by atoms with Crippen LogP contribution in [0.3, 0.4) is 0 Å². The van der Waals surface area contributed by atoms with Gasteiger partial charge >= 0.3 is 0 Å². The summed E-state index contributed by atoms with van der Waals surface area (Å²) in [6, 6.07) is 0. The molecule has 0 spiro atoms. The monoisotopic (exact) mass is 252 g/mol. The Morgan fingerprint density at radius 3 is 2.89 bits per heavy atom. The number of imidazole rings is 1. The molecule has 2 aromatic heterocycles. The number of aliphatic hydroxyl groups is 1. The lowest BCUT2D eigenvalue weighted by Gasteiger charge is -2.05. The summed E-state index contributed by atoms with van der Waals surface area (Å²) in [7, 11) is 0. The molecule has 2 aromatic rings. The molecule has 9 nitrogen and oxygen atoms in total. The fraction of sp³-hybridized carbons (Fsp3) is 0.444. The van der Waals surface area contributed by atoms with Crippen molar-refractivity contribution in [1.82, 2.24) is 19.9 Å². The molecule has 1 aliphatic heterocycles. The first-order chi connectivity index (χ1) is 8.67. The molecule has 2 unspecified atom stereocenters. The Bertz CT molecular complexity index is 585. The molecule has 18 heavy (non-hydrogen) atoms. The molecule has 2 atom stereocenters. The van der Waals surface area contributed by atoms with E-state index in [0.29, 0.717) is 23.6 Å². The fourth-order valence-corrected chi connectivity index (χ4v) is 1.80. The SMILES string of the molecule is Nc1nc(N)c2[nH]c(C3COC(CO)O3)nc2n1. The largest absolute Gasteiger partial charge is 0.391 e. The minimum absolute atomic E-state index is 0.0647. The van der Waals surface area contributed by atoms with Gasteiger partial charge in [-0.1, -0.05) is 0 Å². The number of nitrogens with two attached hydrogens (primary N) is 2. The predicted molar refractivity (Wildman–Crippen MR) is 61.2 cm³/mol. The minimum atomic E-state index is -0.628. The number of aromatic amines is 1. The first-order valence-electron chi connectivity index (χ1n) is 5.34. The van der Waals surface area contributed by atoms with Gasteiger partial charge < -0.3 is 31.0 Å². The number of nitrogens with one attached hydrogen (secondary N) is 1. The zero-order chi connectivity index (χ0) is 12.7. The quantitative estimate of drug-likeness (QED) is 0.528. The maximum Gasteiger partial charge on any atom is 0.224 e. The highest BCUT2D eigenvalue weighted by Crippen LogP contribution is 2.26. The minimum Gasteiger partial charge on any atom is -0.391 e. The number of fused-ring (bicyclic) bond motifs is 1. The number of anilines is 2. The van der Waals surface area contributed by atoms with Gasteiger partial charge in [-0.05, 0) is 0 Å². The third-order valence-electron chi connectivity index (χ3n) is 2.62. The standard InChI is InChI=1S/C9H12N6O3/c10-6-5-8(15-9(11)13-6)14-7(12-5)3-2-17-4(1-16)18-3/h3-4,16H,1-2H2,(H5,10,11,12,13,14,15). The number of H-pyrrole nitrogens is 1. The normalized spacial score (nSPS) is 23.8. The van der Waals surface area contributed by atoms with Crippen LogP contribution in [0.15, 0.2) is 0 Å². The Balaban J connectivity index is 1.96. The smallest absolute Gasteiger partial charge is 0.224 e. The lowest BCUT2D eigenvalue weighted by molar-refractivity contribution is -0.0890. The van der Waals surface area contributed by atoms with Crippen molar-refractivity contribution in [2.75, 3.05) is 24.7 Å². The molecular formula is C9H12N6O3. The van der Waals surface area contributed by atoms with Gasteiger partial charge in [-0.2, -0.15) is 9.97 Å². The summed E-state index contributed by atoms with van der Waals surface area (Å²) in [4.78, 5) is 15.0. The van der Waals surface area contributed by atoms with Gasteiger partial charge in [0.2, 0.25) is 5.95 Å². The highest BCUT2D eigenvalue weighted by Gasteiger charge is 2.29. The van der Waals surface area contributed by atoms with Gasteiger partial charge in [-0.15, -0.1) is 0 Å². The molecule has 9 heteroatoms. The molecule has 0 aliphatic carbocycles. The molecule has 0 aromatic carbocycles. The second-order valence-corrected chi connectivity index (χ2v) is 3.86. The number of nitrogen functional groups attached to an aromatic ring is 2. The summed E-state index contributed by atoms with van der Waals surface area (Å²) in [6.07, 6.45) is -1.02. The van der Waals surface area contributed by atoms with E-state index in [1.54, 1.807) is 0 Å². The molecule has 6 N–H and O–H groups in total. The second-order valence-electron chi connectivity index (χ2n) is 3.86. The predicted octanol–water partition coefficient (Wildman–Crippen LogP) is -1.08. The summed E-state index contributed by atoms with van der Waals surface area (Å²) in [6.45, 7) is 0.0967. The topological polar surface area (TPSA) is 145 Å². The molecule has 1 saturated heterocycles. The van der Waals surface area contributed by atoms with Crippen LogP contribution in [0.5, 0.6) is 0 Å². The van der Waals surface area contributed by atoms with E-state index in [9.17, 15) is 0 Å². The first-order valence-corrected chi connectivity index (χ1v) is 5.34. The molecule has 1 aliphatic rings. The van der Waals surface area contributed by atoms with Crippen LogP contribution in [-0.2, 0) is 9.47 Å². The highest BCUT2D eigenvalue weighted by molar-refractivity contribution is 5.82. The summed E-state index contributed by atoms with van der Waals surface area (Å²) >= 11 is 0. The molecular weight excluding hydrogens is 240 g/mol. The summed E-state index contributed by atoms with van der Waals surface area (Å²) < 4.78 is 10.6. The lowest BCUT2D eigenvalue weighted by atomic mass is 10.4. The first kappa shape index (κ1) is 11.1. The number of aromatic nitrogens is 4. The molecule has 0 bridgehead atoms. The second kappa shape index (κ2) is 4.05. The van der Waals surface area contributed by atoms with Crippen LogP contribution < -0.4 is 11.5 Å². The van der Waals surface area contributed by atoms with Crippen molar-refractivity contribution >= 4 is 22.9 Å². The third-order valence-corrected chi connectivity index (χ3v) is 2.62. The maximum atomic E-state index is 8.91. The van der Waals surface area contributed by atoms with E-state index >= 15 is 0 Å². The van der Waals surface area contributed by atoms with E-state index in [1.807, 2.05) is 0 Å². The number of nitrogens with zero attached hydrogens (tertiary/aromatic N) is 3. The molecule has 0 amide bonds. The van der Waals surface area contributed by atoms with E-state index in [0.717, 1.165) is 0 Å². The molecule has 0 radical (unpaired) electrons. The van der Waals surface area contributed by atoms with Crippen molar-refractivity contribution in [2.24, 2.45) is 0 Å².